The van der Waals surface area contributed by atoms with Crippen LogP contribution in [0, 0.1) is 31.1 Å². The van der Waals surface area contributed by atoms with E-state index >= 15 is 0 Å². The Kier molecular flexibility index (Phi) is 617. The Balaban J connectivity index is 0. The molecule has 0 saturated carbocycles. The molecule has 3 nitrogen and oxygen atoms in total. The first kappa shape index (κ1) is 72.9. The minimum atomic E-state index is 0. The maximum atomic E-state index is 0. The SMILES string of the molecule is [O-2].[O-2].[O-2].[Sb].[U]. The van der Waals surface area contributed by atoms with Gasteiger partial charge in [0.05, 0.1) is 0 Å². The van der Waals surface area contributed by atoms with Gasteiger partial charge in [-0.3, -0.25) is 0 Å². The van der Waals surface area contributed by atoms with E-state index in [1.54, 1.807) is 0 Å². The maximum Gasteiger partial charge on any atom is 0 e. The molecule has 0 bridgehead atoms. The molecule has 0 aromatic heterocycles. The Bertz CT molecular complexity index is 6.85. The van der Waals surface area contributed by atoms with Crippen LogP contribution in [0.25, 0.3) is 0 Å². The quantitative estimate of drug-likeness (QED) is 0.474. The molecule has 0 aliphatic rings. The van der Waals surface area contributed by atoms with Gasteiger partial charge in [-0.05, 0) is 0 Å². The van der Waals surface area contributed by atoms with E-state index in [0.29, 0.717) is 0 Å². The van der Waals surface area contributed by atoms with Gasteiger partial charge in [0, 0.05) is 55.5 Å². The minimum absolute atomic E-state index is 0. The fourth-order valence-electron chi connectivity index (χ4n) is 0. The number of hydrogen-bond donors (Lipinski definition) is 0. The Morgan fingerprint density at radius 1 is 0.600 bits per heavy atom. The summed E-state index contributed by atoms with van der Waals surface area (Å²) in [5.41, 5.74) is 0. The molecule has 5 heavy (non-hydrogen) atoms. The standard InChI is InChI=1S/3O.Sb.U/q3*-2;;. The van der Waals surface area contributed by atoms with Gasteiger partial charge in [0.15, 0.2) is 0 Å². The Morgan fingerprint density at radius 3 is 0.600 bits per heavy atom. The van der Waals surface area contributed by atoms with Gasteiger partial charge in [0.1, 0.15) is 0 Å². The molecule has 0 unspecified atom stereocenters. The molecule has 0 saturated heterocycles. The van der Waals surface area contributed by atoms with Crippen molar-refractivity contribution in [3.8, 4) is 0 Å². The van der Waals surface area contributed by atoms with Crippen LogP contribution >= 0.6 is 0 Å². The van der Waals surface area contributed by atoms with Crippen LogP contribution in [0.15, 0.2) is 0 Å². The van der Waals surface area contributed by atoms with E-state index in [2.05, 4.69) is 0 Å². The number of rotatable bonds is 0. The van der Waals surface area contributed by atoms with Gasteiger partial charge >= 0.3 is 0 Å². The summed E-state index contributed by atoms with van der Waals surface area (Å²) in [6.07, 6.45) is 0. The van der Waals surface area contributed by atoms with Crippen molar-refractivity contribution in [2.75, 3.05) is 0 Å². The second-order valence-corrected chi connectivity index (χ2v) is 0. The van der Waals surface area contributed by atoms with Gasteiger partial charge in [-0.2, -0.15) is 0 Å². The van der Waals surface area contributed by atoms with Crippen molar-refractivity contribution in [3.05, 3.63) is 0 Å². The summed E-state index contributed by atoms with van der Waals surface area (Å²) in [6.45, 7) is 0. The predicted molar refractivity (Wildman–Crippen MR) is 7.81 cm³/mol. The van der Waals surface area contributed by atoms with Crippen molar-refractivity contribution in [2.24, 2.45) is 0 Å². The molecule has 0 fully saturated rings. The molecular formula is O3SbU-6. The van der Waals surface area contributed by atoms with Crippen molar-refractivity contribution in [1.29, 1.82) is 0 Å². The van der Waals surface area contributed by atoms with Crippen molar-refractivity contribution >= 4 is 24.4 Å². The molecule has 0 rings (SSSR count). The zero-order valence-corrected chi connectivity index (χ0v) is 8.89. The summed E-state index contributed by atoms with van der Waals surface area (Å²) < 4.78 is 0. The largest absolute Gasteiger partial charge is 2.00 e. The summed E-state index contributed by atoms with van der Waals surface area (Å²) in [6, 6.07) is 0. The van der Waals surface area contributed by atoms with Crippen LogP contribution in [0.5, 0.6) is 0 Å². The van der Waals surface area contributed by atoms with Gasteiger partial charge in [0.25, 0.3) is 0 Å². The molecule has 0 heterocycles. The Hall–Kier alpha value is 1.75. The van der Waals surface area contributed by atoms with Gasteiger partial charge in [0.2, 0.25) is 0 Å². The molecule has 3 radical (unpaired) electrons. The van der Waals surface area contributed by atoms with Crippen LogP contribution in [0.3, 0.4) is 0 Å². The monoisotopic (exact) mass is 407 g/mol. The maximum absolute atomic E-state index is 0. The Labute approximate surface area is 71.3 Å². The van der Waals surface area contributed by atoms with Gasteiger partial charge in [-0.25, -0.2) is 0 Å². The molecule has 0 aromatic carbocycles. The molecule has 0 atom stereocenters. The van der Waals surface area contributed by atoms with Crippen molar-refractivity contribution in [2.45, 2.75) is 0 Å². The molecule has 0 aromatic rings. The van der Waals surface area contributed by atoms with Gasteiger partial charge in [-0.1, -0.05) is 0 Å². The molecule has 33 valence electrons. The molecule has 0 aliphatic heterocycles. The van der Waals surface area contributed by atoms with E-state index in [0.717, 1.165) is 0 Å². The summed E-state index contributed by atoms with van der Waals surface area (Å²) in [7, 11) is 0. The van der Waals surface area contributed by atoms with Crippen molar-refractivity contribution in [1.82, 2.24) is 0 Å². The molecule has 0 amide bonds. The van der Waals surface area contributed by atoms with Crippen LogP contribution in [0.1, 0.15) is 0 Å². The Morgan fingerprint density at radius 2 is 0.600 bits per heavy atom. The first-order valence-corrected chi connectivity index (χ1v) is 0. The smallest absolute Gasteiger partial charge is 0 e. The topological polar surface area (TPSA) is 85.5 Å². The van der Waals surface area contributed by atoms with E-state index < -0.39 is 0 Å². The van der Waals surface area contributed by atoms with Gasteiger partial charge in [-0.15, -0.1) is 0 Å². The van der Waals surface area contributed by atoms with Crippen LogP contribution in [0.4, 0.5) is 0 Å². The average Bonchev–Trinajstić information content (AvgIpc) is 0. The first-order valence-electron chi connectivity index (χ1n) is 0. The molecular weight excluding hydrogens is 408 g/mol. The second kappa shape index (κ2) is 42.4. The number of hydrogen-bond acceptors (Lipinski definition) is 0. The molecule has 0 aliphatic carbocycles. The van der Waals surface area contributed by atoms with Crippen LogP contribution < -0.4 is 0 Å². The van der Waals surface area contributed by atoms with E-state index in [1.807, 2.05) is 0 Å². The van der Waals surface area contributed by atoms with Crippen LogP contribution in [0.2, 0.25) is 0 Å². The van der Waals surface area contributed by atoms with E-state index in [1.165, 1.54) is 0 Å². The first-order chi connectivity index (χ1) is 0. The fourth-order valence-corrected chi connectivity index (χ4v) is 0. The third kappa shape index (κ3) is 26.4. The third-order valence-corrected chi connectivity index (χ3v) is 0. The summed E-state index contributed by atoms with van der Waals surface area (Å²) in [4.78, 5) is 0. The van der Waals surface area contributed by atoms with Gasteiger partial charge < -0.3 is 16.4 Å². The second-order valence-electron chi connectivity index (χ2n) is 0. The van der Waals surface area contributed by atoms with E-state index in [9.17, 15) is 0 Å². The van der Waals surface area contributed by atoms with E-state index in [-0.39, 0.29) is 72.0 Å². The molecule has 5 heteroatoms. The third-order valence-electron chi connectivity index (χ3n) is 0. The zero-order chi connectivity index (χ0) is 0. The van der Waals surface area contributed by atoms with E-state index in [4.69, 9.17) is 0 Å². The fraction of sp³-hybridized carbons (Fsp3) is 0. The zero-order valence-electron chi connectivity index (χ0n) is 2.17. The molecule has 0 spiro atoms. The van der Waals surface area contributed by atoms with Crippen LogP contribution in [-0.4, -0.2) is 24.4 Å². The summed E-state index contributed by atoms with van der Waals surface area (Å²) in [5.74, 6) is 0. The van der Waals surface area contributed by atoms with Crippen LogP contribution in [-0.2, 0) is 16.4 Å². The summed E-state index contributed by atoms with van der Waals surface area (Å²) in [5, 5.41) is 0. The molecule has 0 N–H and O–H groups in total. The predicted octanol–water partition coefficient (Wildman–Crippen LogP) is -0.737. The summed E-state index contributed by atoms with van der Waals surface area (Å²) >= 11 is 0. The normalized spacial score (nSPS) is 0. The minimum Gasteiger partial charge on any atom is -2.00 e. The van der Waals surface area contributed by atoms with Crippen molar-refractivity contribution < 1.29 is 47.5 Å². The average molecular weight is 408 g/mol. The van der Waals surface area contributed by atoms with Crippen molar-refractivity contribution in [3.63, 3.8) is 0 Å².